The summed E-state index contributed by atoms with van der Waals surface area (Å²) in [5, 5.41) is 0. The van der Waals surface area contributed by atoms with Crippen molar-refractivity contribution in [2.75, 3.05) is 0 Å². The Hall–Kier alpha value is 3.51. The molecular formula is H2CaCrFeLa. The van der Waals surface area contributed by atoms with Crippen molar-refractivity contribution in [2.24, 2.45) is 0 Å². The van der Waals surface area contributed by atoms with Gasteiger partial charge in [0.2, 0.25) is 0 Å². The minimum atomic E-state index is 0. The van der Waals surface area contributed by atoms with Gasteiger partial charge in [-0.3, -0.25) is 0 Å². The van der Waals surface area contributed by atoms with Gasteiger partial charge in [-0.15, -0.1) is 0 Å². The van der Waals surface area contributed by atoms with Crippen LogP contribution >= 0.6 is 0 Å². The molecule has 0 aromatic carbocycles. The first kappa shape index (κ1) is 25.8. The van der Waals surface area contributed by atoms with Crippen LogP contribution in [0.25, 0.3) is 0 Å². The molecular weight excluding hydrogens is 287 g/mol. The minimum absolute atomic E-state index is 0. The quantitative estimate of drug-likeness (QED) is 0.544. The van der Waals surface area contributed by atoms with Gasteiger partial charge in [0.25, 0.3) is 0 Å². The Balaban J connectivity index is 0. The molecule has 0 unspecified atom stereocenters. The number of rotatable bonds is 0. The molecule has 0 saturated carbocycles. The van der Waals surface area contributed by atoms with E-state index in [0.717, 1.165) is 0 Å². The molecule has 0 aliphatic heterocycles. The molecule has 0 heterocycles. The van der Waals surface area contributed by atoms with E-state index in [1.54, 1.807) is 0 Å². The molecule has 0 aliphatic carbocycles. The van der Waals surface area contributed by atoms with Crippen LogP contribution in [-0.4, -0.2) is 37.7 Å². The molecule has 0 N–H and O–H groups in total. The van der Waals surface area contributed by atoms with Crippen molar-refractivity contribution >= 4 is 37.7 Å². The summed E-state index contributed by atoms with van der Waals surface area (Å²) in [7, 11) is 0. The zero-order chi connectivity index (χ0) is 0. The summed E-state index contributed by atoms with van der Waals surface area (Å²) in [6, 6.07) is 0. The fourth-order valence-corrected chi connectivity index (χ4v) is 0. The predicted molar refractivity (Wildman–Crippen MR) is 7.98 cm³/mol. The van der Waals surface area contributed by atoms with Gasteiger partial charge in [0, 0.05) is 70.0 Å². The second-order valence-electron chi connectivity index (χ2n) is 0. The van der Waals surface area contributed by atoms with Gasteiger partial charge in [0.15, 0.2) is 0 Å². The summed E-state index contributed by atoms with van der Waals surface area (Å²) in [5.74, 6) is 0. The topological polar surface area (TPSA) is 0 Å². The third-order valence-electron chi connectivity index (χ3n) is 0. The van der Waals surface area contributed by atoms with E-state index in [2.05, 4.69) is 0 Å². The maximum absolute atomic E-state index is 0. The van der Waals surface area contributed by atoms with Gasteiger partial charge < -0.3 is 2.85 Å². The van der Waals surface area contributed by atoms with Gasteiger partial charge in [0.05, 0.1) is 0 Å². The smallest absolute Gasteiger partial charge is 1.00 e. The van der Waals surface area contributed by atoms with Crippen molar-refractivity contribution < 1.29 is 72.9 Å². The predicted octanol–water partition coefficient (Wildman–Crippen LogP) is -0.161. The van der Waals surface area contributed by atoms with Gasteiger partial charge >= 0.3 is 37.7 Å². The van der Waals surface area contributed by atoms with E-state index in [1.165, 1.54) is 0 Å². The van der Waals surface area contributed by atoms with Crippen molar-refractivity contribution in [3.05, 3.63) is 0 Å². The van der Waals surface area contributed by atoms with E-state index in [0.29, 0.717) is 0 Å². The molecule has 0 amide bonds. The average Bonchev–Trinajstić information content (AvgIpc) is 0. The molecule has 0 atom stereocenters. The first-order valence-electron chi connectivity index (χ1n) is 0. The van der Waals surface area contributed by atoms with Gasteiger partial charge in [-0.1, -0.05) is 0 Å². The Morgan fingerprint density at radius 2 is 1.25 bits per heavy atom. The van der Waals surface area contributed by atoms with Gasteiger partial charge in [-0.05, 0) is 0 Å². The Morgan fingerprint density at radius 1 is 1.25 bits per heavy atom. The van der Waals surface area contributed by atoms with Crippen LogP contribution in [0.3, 0.4) is 0 Å². The molecule has 0 aromatic rings. The number of hydrogen-bond donors (Lipinski definition) is 0. The van der Waals surface area contributed by atoms with E-state index in [9.17, 15) is 0 Å². The second-order valence-corrected chi connectivity index (χ2v) is 0. The molecule has 0 nitrogen and oxygen atoms in total. The summed E-state index contributed by atoms with van der Waals surface area (Å²) in [6.45, 7) is 0. The molecule has 1 radical (unpaired) electrons. The fourth-order valence-electron chi connectivity index (χ4n) is 0. The Kier molecular flexibility index (Phi) is 104. The first-order valence-corrected chi connectivity index (χ1v) is 0. The van der Waals surface area contributed by atoms with Crippen molar-refractivity contribution in [3.63, 3.8) is 0 Å². The second kappa shape index (κ2) is 16.0. The minimum Gasteiger partial charge on any atom is -1.00 e. The Labute approximate surface area is 108 Å². The van der Waals surface area contributed by atoms with Crippen LogP contribution < -0.4 is 0 Å². The van der Waals surface area contributed by atoms with E-state index >= 15 is 0 Å². The largest absolute Gasteiger partial charge is 2.00 e. The SMILES string of the molecule is [Ca+2].[Cr].[Fe].[H-].[H-].[La]. The van der Waals surface area contributed by atoms with Crippen molar-refractivity contribution in [2.45, 2.75) is 0 Å². The molecule has 0 aromatic heterocycles. The summed E-state index contributed by atoms with van der Waals surface area (Å²) < 4.78 is 0. The standard InChI is InChI=1S/Ca.Cr.Fe.La.2H/q+2;;;;2*-1. The third kappa shape index (κ3) is 9.10. The zero-order valence-electron chi connectivity index (χ0n) is 4.05. The van der Waals surface area contributed by atoms with Gasteiger partial charge in [0.1, 0.15) is 0 Å². The van der Waals surface area contributed by atoms with Crippen LogP contribution in [0, 0.1) is 35.6 Å². The van der Waals surface area contributed by atoms with Crippen molar-refractivity contribution in [3.8, 4) is 0 Å². The normalized spacial score (nSPS) is 0. The van der Waals surface area contributed by atoms with E-state index in [4.69, 9.17) is 0 Å². The van der Waals surface area contributed by atoms with Crippen LogP contribution in [0.1, 0.15) is 2.85 Å². The summed E-state index contributed by atoms with van der Waals surface area (Å²) in [5.41, 5.74) is 0. The first-order chi connectivity index (χ1) is 0. The monoisotopic (exact) mass is 289 g/mol. The Morgan fingerprint density at radius 3 is 1.25 bits per heavy atom. The molecule has 0 saturated heterocycles. The maximum Gasteiger partial charge on any atom is 2.00 e. The Bertz CT molecular complexity index is 13.5. The van der Waals surface area contributed by atoms with E-state index in [-0.39, 0.29) is 111 Å². The maximum atomic E-state index is 0. The van der Waals surface area contributed by atoms with Gasteiger partial charge in [-0.25, -0.2) is 0 Å². The van der Waals surface area contributed by atoms with Crippen molar-refractivity contribution in [1.29, 1.82) is 0 Å². The van der Waals surface area contributed by atoms with Crippen LogP contribution in [0.15, 0.2) is 0 Å². The van der Waals surface area contributed by atoms with Gasteiger partial charge in [-0.2, -0.15) is 0 Å². The fraction of sp³-hybridized carbons (Fsp3) is 0. The van der Waals surface area contributed by atoms with Crippen molar-refractivity contribution in [1.82, 2.24) is 0 Å². The molecule has 0 rings (SSSR count). The van der Waals surface area contributed by atoms with Crippen LogP contribution in [0.4, 0.5) is 0 Å². The van der Waals surface area contributed by atoms with E-state index < -0.39 is 0 Å². The van der Waals surface area contributed by atoms with Crippen LogP contribution in [-0.2, 0) is 34.4 Å². The molecule has 0 bridgehead atoms. The molecule has 0 aliphatic rings. The van der Waals surface area contributed by atoms with E-state index in [1.807, 2.05) is 0 Å². The molecule has 0 spiro atoms. The summed E-state index contributed by atoms with van der Waals surface area (Å²) in [6.07, 6.45) is 0. The molecule has 0 fully saturated rings. The average molecular weight is 289 g/mol. The summed E-state index contributed by atoms with van der Waals surface area (Å²) >= 11 is 0. The molecule has 4 heavy (non-hydrogen) atoms. The summed E-state index contributed by atoms with van der Waals surface area (Å²) in [4.78, 5) is 0. The molecule has 4 heteroatoms. The molecule has 21 valence electrons. The third-order valence-corrected chi connectivity index (χ3v) is 0. The number of hydrogen-bond acceptors (Lipinski definition) is 0. The van der Waals surface area contributed by atoms with Crippen LogP contribution in [0.5, 0.6) is 0 Å². The zero-order valence-corrected chi connectivity index (χ0v) is 10.3. The van der Waals surface area contributed by atoms with Crippen LogP contribution in [0.2, 0.25) is 0 Å².